The van der Waals surface area contributed by atoms with Gasteiger partial charge in [0.25, 0.3) is 0 Å². The van der Waals surface area contributed by atoms with Crippen molar-refractivity contribution in [2.24, 2.45) is 4.99 Å². The normalized spacial score (nSPS) is 15.8. The van der Waals surface area contributed by atoms with E-state index < -0.39 is 10.0 Å². The average Bonchev–Trinajstić information content (AvgIpc) is 2.77. The lowest BCUT2D eigenvalue weighted by atomic mass is 10.0. The third-order valence-corrected chi connectivity index (χ3v) is 6.33. The van der Waals surface area contributed by atoms with Crippen molar-refractivity contribution in [3.05, 3.63) is 54.6 Å². The van der Waals surface area contributed by atoms with Crippen LogP contribution in [-0.2, 0) is 10.0 Å². The Bertz CT molecular complexity index is 947. The molecule has 0 radical (unpaired) electrons. The summed E-state index contributed by atoms with van der Waals surface area (Å²) < 4.78 is 40.3. The zero-order valence-electron chi connectivity index (χ0n) is 16.9. The number of nitrogens with one attached hydrogen (secondary N) is 3. The van der Waals surface area contributed by atoms with Crippen LogP contribution in [0.25, 0.3) is 0 Å². The van der Waals surface area contributed by atoms with Gasteiger partial charge in [0.1, 0.15) is 10.7 Å². The topological polar surface area (TPSA) is 98.7 Å². The lowest BCUT2D eigenvalue weighted by molar-refractivity contribution is 0.461. The lowest BCUT2D eigenvalue weighted by Crippen LogP contribution is -2.49. The number of sulfonamides is 1. The summed E-state index contributed by atoms with van der Waals surface area (Å²) in [6.07, 6.45) is 4.63. The number of aromatic nitrogens is 1. The monoisotopic (exact) mass is 434 g/mol. The number of guanidine groups is 1. The number of nitrogens with zero attached hydrogens (tertiary/aromatic N) is 3. The fourth-order valence-corrected chi connectivity index (χ4v) is 4.29. The Morgan fingerprint density at radius 3 is 2.70 bits per heavy atom. The summed E-state index contributed by atoms with van der Waals surface area (Å²) in [6.45, 7) is 2.25. The van der Waals surface area contributed by atoms with E-state index in [4.69, 9.17) is 0 Å². The van der Waals surface area contributed by atoms with E-state index in [9.17, 15) is 12.8 Å². The molecule has 1 aromatic carbocycles. The number of benzene rings is 1. The molecule has 1 fully saturated rings. The molecule has 0 atom stereocenters. The second-order valence-electron chi connectivity index (χ2n) is 6.97. The Kier molecular flexibility index (Phi) is 7.58. The van der Waals surface area contributed by atoms with Crippen molar-refractivity contribution in [2.75, 3.05) is 38.1 Å². The van der Waals surface area contributed by atoms with E-state index in [1.54, 1.807) is 25.2 Å². The van der Waals surface area contributed by atoms with Gasteiger partial charge in [-0.2, -0.15) is 0 Å². The van der Waals surface area contributed by atoms with Crippen molar-refractivity contribution in [1.82, 2.24) is 20.3 Å². The van der Waals surface area contributed by atoms with Gasteiger partial charge < -0.3 is 15.5 Å². The standard InChI is InChI=1S/C20H27FN6O2S/c1-22-20(24-10-11-25-30(28,29)19-6-3-9-23-15-19)26-17-7-12-27(13-8-17)18-5-2-4-16(21)14-18/h2-6,9,14-15,17,25H,7-8,10-13H2,1H3,(H2,22,24,26). The highest BCUT2D eigenvalue weighted by Gasteiger charge is 2.20. The van der Waals surface area contributed by atoms with E-state index in [0.717, 1.165) is 31.6 Å². The Hall–Kier alpha value is -2.72. The third-order valence-electron chi connectivity index (χ3n) is 4.89. The van der Waals surface area contributed by atoms with Gasteiger partial charge in [-0.15, -0.1) is 0 Å². The maximum absolute atomic E-state index is 13.4. The number of halogens is 1. The molecule has 10 heteroatoms. The molecule has 0 bridgehead atoms. The molecule has 30 heavy (non-hydrogen) atoms. The molecule has 3 N–H and O–H groups in total. The van der Waals surface area contributed by atoms with Gasteiger partial charge >= 0.3 is 0 Å². The first kappa shape index (κ1) is 22.0. The molecule has 0 saturated carbocycles. The van der Waals surface area contributed by atoms with Crippen LogP contribution in [-0.4, -0.2) is 58.6 Å². The van der Waals surface area contributed by atoms with Crippen molar-refractivity contribution in [1.29, 1.82) is 0 Å². The highest BCUT2D eigenvalue weighted by molar-refractivity contribution is 7.89. The zero-order chi connectivity index (χ0) is 21.4. The first-order valence-corrected chi connectivity index (χ1v) is 11.3. The number of hydrogen-bond donors (Lipinski definition) is 3. The predicted molar refractivity (Wildman–Crippen MR) is 116 cm³/mol. The van der Waals surface area contributed by atoms with Gasteiger partial charge in [0, 0.05) is 57.3 Å². The van der Waals surface area contributed by atoms with E-state index in [0.29, 0.717) is 12.5 Å². The van der Waals surface area contributed by atoms with Crippen LogP contribution in [0.15, 0.2) is 58.7 Å². The fourth-order valence-electron chi connectivity index (χ4n) is 3.30. The SMILES string of the molecule is CN=C(NCCNS(=O)(=O)c1cccnc1)NC1CCN(c2cccc(F)c2)CC1. The summed E-state index contributed by atoms with van der Waals surface area (Å²) in [5.41, 5.74) is 0.900. The summed E-state index contributed by atoms with van der Waals surface area (Å²) in [6, 6.07) is 9.98. The van der Waals surface area contributed by atoms with E-state index >= 15 is 0 Å². The molecule has 0 aliphatic carbocycles. The Morgan fingerprint density at radius 1 is 1.23 bits per heavy atom. The van der Waals surface area contributed by atoms with Crippen molar-refractivity contribution in [3.63, 3.8) is 0 Å². The molecule has 0 spiro atoms. The van der Waals surface area contributed by atoms with Crippen LogP contribution in [0.2, 0.25) is 0 Å². The summed E-state index contributed by atoms with van der Waals surface area (Å²) in [4.78, 5) is 10.3. The van der Waals surface area contributed by atoms with E-state index in [1.165, 1.54) is 24.5 Å². The van der Waals surface area contributed by atoms with Crippen LogP contribution in [0.1, 0.15) is 12.8 Å². The largest absolute Gasteiger partial charge is 0.371 e. The van der Waals surface area contributed by atoms with Gasteiger partial charge in [-0.05, 0) is 43.2 Å². The minimum Gasteiger partial charge on any atom is -0.371 e. The van der Waals surface area contributed by atoms with Gasteiger partial charge in [-0.1, -0.05) is 6.07 Å². The van der Waals surface area contributed by atoms with Gasteiger partial charge in [-0.3, -0.25) is 9.98 Å². The molecule has 2 aromatic rings. The fraction of sp³-hybridized carbons (Fsp3) is 0.400. The van der Waals surface area contributed by atoms with Crippen LogP contribution in [0.3, 0.4) is 0 Å². The Balaban J connectivity index is 1.40. The maximum Gasteiger partial charge on any atom is 0.242 e. The van der Waals surface area contributed by atoms with E-state index in [1.807, 2.05) is 6.07 Å². The van der Waals surface area contributed by atoms with Gasteiger partial charge in [0.05, 0.1) is 0 Å². The molecular formula is C20H27FN6O2S. The molecule has 1 aliphatic heterocycles. The molecule has 162 valence electrons. The average molecular weight is 435 g/mol. The second kappa shape index (κ2) is 10.4. The van der Waals surface area contributed by atoms with Crippen LogP contribution in [0.4, 0.5) is 10.1 Å². The molecular weight excluding hydrogens is 407 g/mol. The molecule has 1 saturated heterocycles. The molecule has 2 heterocycles. The number of piperidine rings is 1. The third kappa shape index (κ3) is 6.14. The highest BCUT2D eigenvalue weighted by atomic mass is 32.2. The molecule has 8 nitrogen and oxygen atoms in total. The van der Waals surface area contributed by atoms with Crippen LogP contribution >= 0.6 is 0 Å². The molecule has 3 rings (SSSR count). The summed E-state index contributed by atoms with van der Waals surface area (Å²) >= 11 is 0. The van der Waals surface area contributed by atoms with Crippen molar-refractivity contribution in [3.8, 4) is 0 Å². The lowest BCUT2D eigenvalue weighted by Gasteiger charge is -2.34. The van der Waals surface area contributed by atoms with Gasteiger partial charge in [0.2, 0.25) is 10.0 Å². The number of hydrogen-bond acceptors (Lipinski definition) is 5. The summed E-state index contributed by atoms with van der Waals surface area (Å²) in [5, 5.41) is 6.49. The summed E-state index contributed by atoms with van der Waals surface area (Å²) in [5.74, 6) is 0.399. The van der Waals surface area contributed by atoms with Crippen molar-refractivity contribution >= 4 is 21.7 Å². The molecule has 0 unspecified atom stereocenters. The Morgan fingerprint density at radius 2 is 2.03 bits per heavy atom. The number of rotatable bonds is 7. The second-order valence-corrected chi connectivity index (χ2v) is 8.74. The smallest absolute Gasteiger partial charge is 0.242 e. The number of pyridine rings is 1. The Labute approximate surface area is 176 Å². The quantitative estimate of drug-likeness (QED) is 0.346. The molecule has 1 aromatic heterocycles. The van der Waals surface area contributed by atoms with Crippen LogP contribution in [0.5, 0.6) is 0 Å². The zero-order valence-corrected chi connectivity index (χ0v) is 17.7. The summed E-state index contributed by atoms with van der Waals surface area (Å²) in [7, 11) is -1.90. The van der Waals surface area contributed by atoms with Crippen LogP contribution < -0.4 is 20.3 Å². The first-order chi connectivity index (χ1) is 14.5. The molecule has 0 amide bonds. The predicted octanol–water partition coefficient (Wildman–Crippen LogP) is 1.33. The van der Waals surface area contributed by atoms with Crippen molar-refractivity contribution in [2.45, 2.75) is 23.8 Å². The highest BCUT2D eigenvalue weighted by Crippen LogP contribution is 2.20. The molecule has 1 aliphatic rings. The van der Waals surface area contributed by atoms with E-state index in [-0.39, 0.29) is 23.3 Å². The maximum atomic E-state index is 13.4. The minimum absolute atomic E-state index is 0.137. The minimum atomic E-state index is -3.57. The van der Waals surface area contributed by atoms with E-state index in [2.05, 4.69) is 30.2 Å². The number of aliphatic imine (C=N–C) groups is 1. The first-order valence-electron chi connectivity index (χ1n) is 9.85. The van der Waals surface area contributed by atoms with Crippen LogP contribution in [0, 0.1) is 5.82 Å². The number of anilines is 1. The van der Waals surface area contributed by atoms with Crippen molar-refractivity contribution < 1.29 is 12.8 Å². The van der Waals surface area contributed by atoms with Gasteiger partial charge in [0.15, 0.2) is 5.96 Å². The van der Waals surface area contributed by atoms with Gasteiger partial charge in [-0.25, -0.2) is 17.5 Å².